The number of carbonyl (C=O) groups excluding carboxylic acids is 1. The second kappa shape index (κ2) is 15.0. The van der Waals surface area contributed by atoms with Crippen LogP contribution in [0.4, 0.5) is 0 Å². The van der Waals surface area contributed by atoms with Crippen molar-refractivity contribution < 1.29 is 19.4 Å². The third kappa shape index (κ3) is 7.47. The Balaban J connectivity index is 1.25. The van der Waals surface area contributed by atoms with Crippen LogP contribution in [0.5, 0.6) is 5.88 Å². The summed E-state index contributed by atoms with van der Waals surface area (Å²) >= 11 is 15.7. The van der Waals surface area contributed by atoms with Crippen molar-refractivity contribution in [2.24, 2.45) is 0 Å². The molecule has 3 aromatic heterocycles. The highest BCUT2D eigenvalue weighted by molar-refractivity contribution is 7.18. The maximum Gasteiger partial charge on any atom is 0.317 e. The molecule has 2 aromatic carbocycles. The van der Waals surface area contributed by atoms with Crippen LogP contribution < -0.4 is 15.4 Å². The number of carboxylic acids is 1. The monoisotopic (exact) mass is 703 g/mol. The van der Waals surface area contributed by atoms with E-state index in [4.69, 9.17) is 43.0 Å². The second-order valence-corrected chi connectivity index (χ2v) is 13.7. The minimum atomic E-state index is -0.915. The Bertz CT molecular complexity index is 2000. The zero-order valence-electron chi connectivity index (χ0n) is 26.6. The standard InChI is InChI=1S/C36H35Cl2N5O4S/c1-20-16-27(42-36(47-2)23(20)8-4-7-22-12-13-30(44)41-22)26-11-5-10-25(34(26)38)24-9-3-6-21(33(24)37)17-28-35-29(14-15-40-28)48-31(43-35)18-39-19-32(45)46/h3,5-6,9-11,14-16,22,39H,4,7-8,12-13,17-19H2,1-2H3,(H,41,44)(H,45,46)/t22-/m1/s1. The first-order valence-electron chi connectivity index (χ1n) is 15.8. The number of nitrogens with zero attached hydrogens (tertiary/aromatic N) is 3. The van der Waals surface area contributed by atoms with Gasteiger partial charge in [-0.05, 0) is 55.9 Å². The SMILES string of the molecule is COc1nc(-c2cccc(-c3cccc(Cc4nccc5sc(CNCC(=O)O)nc45)c3Cl)c2Cl)cc(C)c1CCC[C@@H]1CCC(=O)N1. The topological polar surface area (TPSA) is 126 Å². The highest BCUT2D eigenvalue weighted by Crippen LogP contribution is 2.41. The van der Waals surface area contributed by atoms with Crippen LogP contribution in [0.3, 0.4) is 0 Å². The molecular formula is C36H35Cl2N5O4S. The lowest BCUT2D eigenvalue weighted by Crippen LogP contribution is -2.25. The van der Waals surface area contributed by atoms with Gasteiger partial charge in [0.05, 0.1) is 39.8 Å². The Morgan fingerprint density at radius 3 is 2.62 bits per heavy atom. The van der Waals surface area contributed by atoms with E-state index >= 15 is 0 Å². The number of hydrogen-bond acceptors (Lipinski definition) is 8. The predicted molar refractivity (Wildman–Crippen MR) is 190 cm³/mol. The number of carbonyl (C=O) groups is 2. The van der Waals surface area contributed by atoms with Crippen LogP contribution >= 0.6 is 34.5 Å². The summed E-state index contributed by atoms with van der Waals surface area (Å²) < 4.78 is 6.73. The molecule has 9 nitrogen and oxygen atoms in total. The van der Waals surface area contributed by atoms with Crippen molar-refractivity contribution in [3.8, 4) is 28.3 Å². The van der Waals surface area contributed by atoms with E-state index in [0.717, 1.165) is 80.0 Å². The highest BCUT2D eigenvalue weighted by Gasteiger charge is 2.22. The molecule has 0 radical (unpaired) electrons. The van der Waals surface area contributed by atoms with Gasteiger partial charge in [0, 0.05) is 53.9 Å². The Hall–Kier alpha value is -4.09. The van der Waals surface area contributed by atoms with Gasteiger partial charge in [-0.3, -0.25) is 14.6 Å². The fourth-order valence-corrected chi connectivity index (χ4v) is 7.75. The van der Waals surface area contributed by atoms with Crippen LogP contribution in [0, 0.1) is 6.92 Å². The molecule has 6 rings (SSSR count). The summed E-state index contributed by atoms with van der Waals surface area (Å²) in [5.41, 5.74) is 7.63. The lowest BCUT2D eigenvalue weighted by atomic mass is 9.96. The van der Waals surface area contributed by atoms with E-state index in [1.54, 1.807) is 13.3 Å². The van der Waals surface area contributed by atoms with Crippen molar-refractivity contribution in [2.75, 3.05) is 13.7 Å². The summed E-state index contributed by atoms with van der Waals surface area (Å²) in [5, 5.41) is 16.8. The highest BCUT2D eigenvalue weighted by atomic mass is 35.5. The van der Waals surface area contributed by atoms with Crippen molar-refractivity contribution in [1.29, 1.82) is 0 Å². The molecule has 1 saturated heterocycles. The van der Waals surface area contributed by atoms with E-state index in [2.05, 4.69) is 22.5 Å². The molecule has 1 fully saturated rings. The normalized spacial score (nSPS) is 14.4. The van der Waals surface area contributed by atoms with Gasteiger partial charge in [0.15, 0.2) is 0 Å². The molecule has 5 aromatic rings. The van der Waals surface area contributed by atoms with E-state index in [-0.39, 0.29) is 18.5 Å². The summed E-state index contributed by atoms with van der Waals surface area (Å²) in [6.07, 6.45) is 6.36. The molecule has 0 saturated carbocycles. The molecule has 0 unspecified atom stereocenters. The minimum absolute atomic E-state index is 0.134. The average molecular weight is 705 g/mol. The lowest BCUT2D eigenvalue weighted by molar-refractivity contribution is -0.136. The van der Waals surface area contributed by atoms with Crippen LogP contribution in [0.2, 0.25) is 10.0 Å². The number of halogens is 2. The van der Waals surface area contributed by atoms with Gasteiger partial charge in [-0.1, -0.05) is 59.6 Å². The van der Waals surface area contributed by atoms with E-state index < -0.39 is 5.97 Å². The third-order valence-electron chi connectivity index (χ3n) is 8.55. The average Bonchev–Trinajstić information content (AvgIpc) is 3.68. The Morgan fingerprint density at radius 2 is 1.88 bits per heavy atom. The third-order valence-corrected chi connectivity index (χ3v) is 10.4. The largest absolute Gasteiger partial charge is 0.481 e. The first-order chi connectivity index (χ1) is 23.2. The van der Waals surface area contributed by atoms with Gasteiger partial charge >= 0.3 is 5.97 Å². The number of ether oxygens (including phenoxy) is 1. The molecule has 1 aliphatic rings. The number of aromatic nitrogens is 3. The first kappa shape index (κ1) is 33.8. The van der Waals surface area contributed by atoms with Gasteiger partial charge in [-0.2, -0.15) is 0 Å². The smallest absolute Gasteiger partial charge is 0.317 e. The molecule has 1 amide bonds. The summed E-state index contributed by atoms with van der Waals surface area (Å²) in [7, 11) is 1.63. The van der Waals surface area contributed by atoms with Crippen LogP contribution in [0.25, 0.3) is 32.6 Å². The number of fused-ring (bicyclic) bond motifs is 1. The summed E-state index contributed by atoms with van der Waals surface area (Å²) in [6.45, 7) is 2.29. The maximum absolute atomic E-state index is 11.6. The van der Waals surface area contributed by atoms with Crippen LogP contribution in [-0.2, 0) is 29.0 Å². The van der Waals surface area contributed by atoms with Gasteiger partial charge in [0.1, 0.15) is 10.5 Å². The number of benzene rings is 2. The zero-order chi connectivity index (χ0) is 33.8. The molecule has 248 valence electrons. The van der Waals surface area contributed by atoms with Gasteiger partial charge < -0.3 is 20.5 Å². The van der Waals surface area contributed by atoms with Crippen molar-refractivity contribution >= 4 is 56.6 Å². The van der Waals surface area contributed by atoms with Crippen LogP contribution in [0.15, 0.2) is 54.7 Å². The van der Waals surface area contributed by atoms with E-state index in [1.807, 2.05) is 48.5 Å². The fourth-order valence-electron chi connectivity index (χ4n) is 6.18. The summed E-state index contributed by atoms with van der Waals surface area (Å²) in [5.74, 6) is -0.204. The van der Waals surface area contributed by atoms with Crippen molar-refractivity contribution in [3.63, 3.8) is 0 Å². The van der Waals surface area contributed by atoms with Gasteiger partial charge in [-0.15, -0.1) is 11.3 Å². The molecule has 0 spiro atoms. The number of hydrogen-bond donors (Lipinski definition) is 3. The number of methoxy groups -OCH3 is 1. The van der Waals surface area contributed by atoms with Crippen molar-refractivity contribution in [1.82, 2.24) is 25.6 Å². The molecule has 3 N–H and O–H groups in total. The van der Waals surface area contributed by atoms with E-state index in [1.165, 1.54) is 11.3 Å². The Kier molecular flexibility index (Phi) is 10.6. The molecule has 48 heavy (non-hydrogen) atoms. The van der Waals surface area contributed by atoms with Crippen molar-refractivity contribution in [2.45, 2.75) is 58.0 Å². The number of pyridine rings is 2. The minimum Gasteiger partial charge on any atom is -0.481 e. The summed E-state index contributed by atoms with van der Waals surface area (Å²) in [4.78, 5) is 36.7. The number of carboxylic acid groups (broad SMARTS) is 1. The predicted octanol–water partition coefficient (Wildman–Crippen LogP) is 7.41. The molecule has 0 bridgehead atoms. The lowest BCUT2D eigenvalue weighted by Gasteiger charge is -2.17. The number of amides is 1. The van der Waals surface area contributed by atoms with E-state index in [9.17, 15) is 9.59 Å². The zero-order valence-corrected chi connectivity index (χ0v) is 28.9. The van der Waals surface area contributed by atoms with Gasteiger partial charge in [0.2, 0.25) is 11.8 Å². The maximum atomic E-state index is 11.6. The summed E-state index contributed by atoms with van der Waals surface area (Å²) in [6, 6.07) is 15.9. The van der Waals surface area contributed by atoms with E-state index in [0.29, 0.717) is 41.0 Å². The first-order valence-corrected chi connectivity index (χ1v) is 17.4. The molecule has 0 aliphatic carbocycles. The number of rotatable bonds is 13. The van der Waals surface area contributed by atoms with Crippen LogP contribution in [0.1, 0.15) is 53.1 Å². The van der Waals surface area contributed by atoms with Gasteiger partial charge in [0.25, 0.3) is 0 Å². The molecule has 4 heterocycles. The number of aliphatic carboxylic acids is 1. The molecule has 12 heteroatoms. The Labute approximate surface area is 292 Å². The second-order valence-electron chi connectivity index (χ2n) is 11.8. The molecule has 1 aliphatic heterocycles. The Morgan fingerprint density at radius 1 is 1.10 bits per heavy atom. The molecule has 1 atom stereocenters. The number of thiazole rings is 1. The quantitative estimate of drug-likeness (QED) is 0.116. The van der Waals surface area contributed by atoms with Crippen LogP contribution in [-0.4, -0.2) is 51.6 Å². The number of nitrogens with one attached hydrogen (secondary N) is 2. The van der Waals surface area contributed by atoms with Crippen molar-refractivity contribution in [3.05, 3.63) is 92.2 Å². The van der Waals surface area contributed by atoms with Gasteiger partial charge in [-0.25, -0.2) is 9.97 Å². The molecular weight excluding hydrogens is 669 g/mol. The fraction of sp³-hybridized carbons (Fsp3) is 0.306. The number of aryl methyl sites for hydroxylation is 1.